The minimum atomic E-state index is -1.06. The van der Waals surface area contributed by atoms with Crippen molar-refractivity contribution in [1.82, 2.24) is 10.3 Å². The molecule has 2 rings (SSSR count). The molecule has 5 heteroatoms. The number of rotatable bonds is 5. The smallest absolute Gasteiger partial charge is 0.371 e. The molecular formula is C13H14N2O3. The molecule has 0 fully saturated rings. The van der Waals surface area contributed by atoms with Gasteiger partial charge in [0, 0.05) is 12.2 Å². The van der Waals surface area contributed by atoms with Gasteiger partial charge < -0.3 is 14.8 Å². The molecule has 0 unspecified atom stereocenters. The van der Waals surface area contributed by atoms with Gasteiger partial charge in [0.1, 0.15) is 5.76 Å². The molecule has 0 spiro atoms. The summed E-state index contributed by atoms with van der Waals surface area (Å²) in [5, 5.41) is 11.9. The molecule has 2 N–H and O–H groups in total. The molecule has 0 amide bonds. The lowest BCUT2D eigenvalue weighted by atomic mass is 10.2. The van der Waals surface area contributed by atoms with E-state index in [1.165, 1.54) is 6.07 Å². The third-order valence-electron chi connectivity index (χ3n) is 2.59. The summed E-state index contributed by atoms with van der Waals surface area (Å²) in [5.41, 5.74) is 0.933. The summed E-state index contributed by atoms with van der Waals surface area (Å²) in [6.45, 7) is 2.45. The Morgan fingerprint density at radius 1 is 1.44 bits per heavy atom. The lowest BCUT2D eigenvalue weighted by Crippen LogP contribution is -2.18. The van der Waals surface area contributed by atoms with E-state index in [2.05, 4.69) is 10.3 Å². The van der Waals surface area contributed by atoms with Gasteiger partial charge in [-0.2, -0.15) is 0 Å². The van der Waals surface area contributed by atoms with Crippen LogP contribution in [-0.4, -0.2) is 16.1 Å². The van der Waals surface area contributed by atoms with Gasteiger partial charge in [-0.3, -0.25) is 4.98 Å². The molecule has 18 heavy (non-hydrogen) atoms. The molecule has 2 heterocycles. The zero-order valence-corrected chi connectivity index (χ0v) is 9.96. The number of aromatic nitrogens is 1. The molecule has 0 aromatic carbocycles. The molecule has 0 aliphatic rings. The number of aromatic carboxylic acids is 1. The zero-order valence-electron chi connectivity index (χ0n) is 9.96. The van der Waals surface area contributed by atoms with Crippen LogP contribution in [0.25, 0.3) is 0 Å². The molecule has 0 bridgehead atoms. The summed E-state index contributed by atoms with van der Waals surface area (Å²) in [6, 6.07) is 8.90. The number of carboxylic acid groups (broad SMARTS) is 1. The van der Waals surface area contributed by atoms with Crippen molar-refractivity contribution < 1.29 is 14.3 Å². The second kappa shape index (κ2) is 5.46. The van der Waals surface area contributed by atoms with Crippen LogP contribution >= 0.6 is 0 Å². The van der Waals surface area contributed by atoms with E-state index in [1.54, 1.807) is 12.3 Å². The molecule has 94 valence electrons. The van der Waals surface area contributed by atoms with Crippen molar-refractivity contribution in [3.63, 3.8) is 0 Å². The second-order valence-electron chi connectivity index (χ2n) is 3.93. The standard InChI is InChI=1S/C13H14N2O3/c1-9(11-4-2-3-7-14-11)15-8-10-5-6-12(18-10)13(16)17/h2-7,9,15H,8H2,1H3,(H,16,17)/t9-/m0/s1. The van der Waals surface area contributed by atoms with E-state index in [9.17, 15) is 4.79 Å². The second-order valence-corrected chi connectivity index (χ2v) is 3.93. The van der Waals surface area contributed by atoms with Crippen LogP contribution in [0.3, 0.4) is 0 Å². The lowest BCUT2D eigenvalue weighted by Gasteiger charge is -2.11. The maximum absolute atomic E-state index is 10.6. The molecule has 0 aliphatic carbocycles. The van der Waals surface area contributed by atoms with Crippen LogP contribution in [-0.2, 0) is 6.54 Å². The van der Waals surface area contributed by atoms with Gasteiger partial charge in [-0.05, 0) is 31.2 Å². The number of carbonyl (C=O) groups is 1. The van der Waals surface area contributed by atoms with Crippen molar-refractivity contribution in [1.29, 1.82) is 0 Å². The van der Waals surface area contributed by atoms with Crippen molar-refractivity contribution in [3.05, 3.63) is 53.7 Å². The first-order valence-electron chi connectivity index (χ1n) is 5.63. The van der Waals surface area contributed by atoms with Gasteiger partial charge in [0.2, 0.25) is 5.76 Å². The highest BCUT2D eigenvalue weighted by molar-refractivity contribution is 5.84. The molecular weight excluding hydrogens is 232 g/mol. The van der Waals surface area contributed by atoms with Gasteiger partial charge in [-0.25, -0.2) is 4.79 Å². The van der Waals surface area contributed by atoms with Crippen LogP contribution in [0, 0.1) is 0 Å². The fourth-order valence-electron chi connectivity index (χ4n) is 1.58. The summed E-state index contributed by atoms with van der Waals surface area (Å²) in [5.74, 6) is -0.508. The van der Waals surface area contributed by atoms with Gasteiger partial charge >= 0.3 is 5.97 Å². The molecule has 5 nitrogen and oxygen atoms in total. The number of hydrogen-bond donors (Lipinski definition) is 2. The summed E-state index contributed by atoms with van der Waals surface area (Å²) < 4.78 is 5.15. The molecule has 2 aromatic heterocycles. The molecule has 1 atom stereocenters. The highest BCUT2D eigenvalue weighted by Gasteiger charge is 2.10. The van der Waals surface area contributed by atoms with Gasteiger partial charge in [-0.1, -0.05) is 6.07 Å². The van der Waals surface area contributed by atoms with E-state index < -0.39 is 5.97 Å². The highest BCUT2D eigenvalue weighted by Crippen LogP contribution is 2.11. The molecule has 0 saturated heterocycles. The third kappa shape index (κ3) is 2.95. The first-order valence-corrected chi connectivity index (χ1v) is 5.63. The molecule has 0 radical (unpaired) electrons. The minimum Gasteiger partial charge on any atom is -0.475 e. The minimum absolute atomic E-state index is 0.0442. The predicted molar refractivity (Wildman–Crippen MR) is 65.2 cm³/mol. The number of pyridine rings is 1. The van der Waals surface area contributed by atoms with Crippen LogP contribution < -0.4 is 5.32 Å². The van der Waals surface area contributed by atoms with Crippen LogP contribution in [0.5, 0.6) is 0 Å². The van der Waals surface area contributed by atoms with Gasteiger partial charge in [0.05, 0.1) is 12.2 Å². The van der Waals surface area contributed by atoms with Crippen molar-refractivity contribution in [2.45, 2.75) is 19.5 Å². The quantitative estimate of drug-likeness (QED) is 0.846. The van der Waals surface area contributed by atoms with E-state index in [-0.39, 0.29) is 11.8 Å². The van der Waals surface area contributed by atoms with Crippen LogP contribution in [0.15, 0.2) is 40.9 Å². The maximum Gasteiger partial charge on any atom is 0.371 e. The number of nitrogens with one attached hydrogen (secondary N) is 1. The highest BCUT2D eigenvalue weighted by atomic mass is 16.4. The Kier molecular flexibility index (Phi) is 3.74. The number of carboxylic acids is 1. The van der Waals surface area contributed by atoms with Crippen molar-refractivity contribution in [2.75, 3.05) is 0 Å². The van der Waals surface area contributed by atoms with Crippen molar-refractivity contribution in [3.8, 4) is 0 Å². The summed E-state index contributed by atoms with van der Waals surface area (Å²) in [7, 11) is 0. The SMILES string of the molecule is C[C@H](NCc1ccc(C(=O)O)o1)c1ccccn1. The Bertz CT molecular complexity index is 522. The first kappa shape index (κ1) is 12.3. The van der Waals surface area contributed by atoms with Gasteiger partial charge in [-0.15, -0.1) is 0 Å². The van der Waals surface area contributed by atoms with Crippen molar-refractivity contribution in [2.24, 2.45) is 0 Å². The Morgan fingerprint density at radius 2 is 2.28 bits per heavy atom. The van der Waals surface area contributed by atoms with Crippen LogP contribution in [0.2, 0.25) is 0 Å². The number of furan rings is 1. The van der Waals surface area contributed by atoms with Gasteiger partial charge in [0.25, 0.3) is 0 Å². The van der Waals surface area contributed by atoms with Crippen LogP contribution in [0.1, 0.15) is 35.0 Å². The monoisotopic (exact) mass is 246 g/mol. The average Bonchev–Trinajstić information content (AvgIpc) is 2.86. The van der Waals surface area contributed by atoms with E-state index in [4.69, 9.17) is 9.52 Å². The van der Waals surface area contributed by atoms with E-state index >= 15 is 0 Å². The third-order valence-corrected chi connectivity index (χ3v) is 2.59. The number of nitrogens with zero attached hydrogens (tertiary/aromatic N) is 1. The summed E-state index contributed by atoms with van der Waals surface area (Å²) in [4.78, 5) is 14.9. The maximum atomic E-state index is 10.6. The predicted octanol–water partition coefficient (Wildman–Crippen LogP) is 2.22. The fraction of sp³-hybridized carbons (Fsp3) is 0.231. The number of hydrogen-bond acceptors (Lipinski definition) is 4. The average molecular weight is 246 g/mol. The normalized spacial score (nSPS) is 12.3. The Morgan fingerprint density at radius 3 is 2.89 bits per heavy atom. The lowest BCUT2D eigenvalue weighted by molar-refractivity contribution is 0.0660. The largest absolute Gasteiger partial charge is 0.475 e. The fourth-order valence-corrected chi connectivity index (χ4v) is 1.58. The van der Waals surface area contributed by atoms with E-state index in [0.717, 1.165) is 5.69 Å². The summed E-state index contributed by atoms with van der Waals surface area (Å²) in [6.07, 6.45) is 1.74. The Hall–Kier alpha value is -2.14. The Balaban J connectivity index is 1.93. The van der Waals surface area contributed by atoms with Gasteiger partial charge in [0.15, 0.2) is 0 Å². The van der Waals surface area contributed by atoms with E-state index in [1.807, 2.05) is 25.1 Å². The topological polar surface area (TPSA) is 75.4 Å². The van der Waals surface area contributed by atoms with E-state index in [0.29, 0.717) is 12.3 Å². The Labute approximate surface area is 104 Å². The summed E-state index contributed by atoms with van der Waals surface area (Å²) >= 11 is 0. The molecule has 0 saturated carbocycles. The van der Waals surface area contributed by atoms with Crippen LogP contribution in [0.4, 0.5) is 0 Å². The molecule has 0 aliphatic heterocycles. The molecule has 2 aromatic rings. The first-order chi connectivity index (χ1) is 8.66. The zero-order chi connectivity index (χ0) is 13.0. The van der Waals surface area contributed by atoms with Crippen molar-refractivity contribution >= 4 is 5.97 Å².